The minimum absolute atomic E-state index is 0.0923. The monoisotopic (exact) mass is 384 g/mol. The Balaban J connectivity index is 1.85. The molecule has 0 aromatic heterocycles. The normalized spacial score (nSPS) is 10.8. The lowest BCUT2D eigenvalue weighted by Gasteiger charge is -2.11. The Labute approximate surface area is 149 Å². The van der Waals surface area contributed by atoms with Gasteiger partial charge in [-0.1, -0.05) is 0 Å². The first-order valence-corrected chi connectivity index (χ1v) is 7.51. The number of aryl methyl sites for hydroxylation is 1. The molecular weight excluding hydrogens is 374 g/mol. The fourth-order valence-electron chi connectivity index (χ4n) is 2.20. The van der Waals surface area contributed by atoms with E-state index in [0.717, 1.165) is 0 Å². The van der Waals surface area contributed by atoms with E-state index in [-0.39, 0.29) is 17.1 Å². The highest BCUT2D eigenvalue weighted by atomic mass is 19.2. The summed E-state index contributed by atoms with van der Waals surface area (Å²) < 4.78 is 91.4. The predicted octanol–water partition coefficient (Wildman–Crippen LogP) is 6.41. The quantitative estimate of drug-likeness (QED) is 0.382. The third-order valence-electron chi connectivity index (χ3n) is 3.56. The molecule has 0 spiro atoms. The van der Waals surface area contributed by atoms with Crippen LogP contribution in [0.25, 0.3) is 0 Å². The fourth-order valence-corrected chi connectivity index (χ4v) is 2.20. The van der Waals surface area contributed by atoms with Gasteiger partial charge in [0.1, 0.15) is 11.5 Å². The minimum atomic E-state index is -1.50. The second-order valence-corrected chi connectivity index (χ2v) is 5.48. The third kappa shape index (κ3) is 3.69. The van der Waals surface area contributed by atoms with Crippen LogP contribution in [0.15, 0.2) is 42.5 Å². The van der Waals surface area contributed by atoms with E-state index in [1.165, 1.54) is 31.2 Å². The summed E-state index contributed by atoms with van der Waals surface area (Å²) in [6.07, 6.45) is 0. The van der Waals surface area contributed by atoms with E-state index < -0.39 is 46.4 Å². The molecule has 3 aromatic carbocycles. The molecule has 0 aliphatic carbocycles. The third-order valence-corrected chi connectivity index (χ3v) is 3.56. The van der Waals surface area contributed by atoms with Gasteiger partial charge in [-0.25, -0.2) is 17.6 Å². The SMILES string of the molecule is Cc1cc(F)c(F)c(Oc2ccc(Oc3c(F)ccc(F)c3F)cc2)c1F. The summed E-state index contributed by atoms with van der Waals surface area (Å²) in [6.45, 7) is 1.24. The molecule has 0 saturated carbocycles. The topological polar surface area (TPSA) is 18.5 Å². The van der Waals surface area contributed by atoms with E-state index in [4.69, 9.17) is 9.47 Å². The van der Waals surface area contributed by atoms with Gasteiger partial charge in [-0.05, 0) is 55.0 Å². The molecule has 2 nitrogen and oxygen atoms in total. The molecule has 0 saturated heterocycles. The van der Waals surface area contributed by atoms with Crippen molar-refractivity contribution in [3.8, 4) is 23.0 Å². The van der Waals surface area contributed by atoms with Crippen molar-refractivity contribution in [2.24, 2.45) is 0 Å². The second-order valence-electron chi connectivity index (χ2n) is 5.48. The first-order valence-electron chi connectivity index (χ1n) is 7.51. The van der Waals surface area contributed by atoms with E-state index in [9.17, 15) is 26.3 Å². The summed E-state index contributed by atoms with van der Waals surface area (Å²) in [5.74, 6) is -9.82. The Morgan fingerprint density at radius 1 is 0.556 bits per heavy atom. The van der Waals surface area contributed by atoms with Gasteiger partial charge in [0, 0.05) is 0 Å². The smallest absolute Gasteiger partial charge is 0.204 e. The first kappa shape index (κ1) is 18.6. The zero-order valence-electron chi connectivity index (χ0n) is 13.6. The van der Waals surface area contributed by atoms with Crippen LogP contribution in [-0.4, -0.2) is 0 Å². The predicted molar refractivity (Wildman–Crippen MR) is 84.0 cm³/mol. The van der Waals surface area contributed by atoms with Gasteiger partial charge < -0.3 is 9.47 Å². The van der Waals surface area contributed by atoms with Gasteiger partial charge >= 0.3 is 0 Å². The number of rotatable bonds is 4. The largest absolute Gasteiger partial charge is 0.451 e. The number of hydrogen-bond acceptors (Lipinski definition) is 2. The van der Waals surface area contributed by atoms with Crippen molar-refractivity contribution in [3.05, 3.63) is 82.9 Å². The maximum atomic E-state index is 13.9. The molecule has 0 unspecified atom stereocenters. The number of benzene rings is 3. The van der Waals surface area contributed by atoms with Crippen LogP contribution in [0.4, 0.5) is 26.3 Å². The van der Waals surface area contributed by atoms with Crippen LogP contribution in [0.1, 0.15) is 5.56 Å². The van der Waals surface area contributed by atoms with Crippen LogP contribution in [0.2, 0.25) is 0 Å². The lowest BCUT2D eigenvalue weighted by atomic mass is 10.2. The summed E-state index contributed by atoms with van der Waals surface area (Å²) in [5, 5.41) is 0. The highest BCUT2D eigenvalue weighted by Crippen LogP contribution is 2.33. The van der Waals surface area contributed by atoms with Crippen LogP contribution >= 0.6 is 0 Å². The van der Waals surface area contributed by atoms with Crippen LogP contribution in [0.3, 0.4) is 0 Å². The molecule has 0 bridgehead atoms. The average Bonchev–Trinajstić information content (AvgIpc) is 2.65. The molecule has 0 N–H and O–H groups in total. The van der Waals surface area contributed by atoms with Gasteiger partial charge in [-0.15, -0.1) is 0 Å². The second kappa shape index (κ2) is 7.22. The van der Waals surface area contributed by atoms with Crippen LogP contribution in [0.5, 0.6) is 23.0 Å². The zero-order chi connectivity index (χ0) is 19.7. The molecule has 0 amide bonds. The Hall–Kier alpha value is -3.16. The van der Waals surface area contributed by atoms with Crippen LogP contribution in [-0.2, 0) is 0 Å². The summed E-state index contributed by atoms with van der Waals surface area (Å²) >= 11 is 0. The maximum Gasteiger partial charge on any atom is 0.204 e. The van der Waals surface area contributed by atoms with Gasteiger partial charge in [-0.2, -0.15) is 8.78 Å². The molecule has 0 atom stereocenters. The number of halogens is 6. The number of ether oxygens (including phenoxy) is 2. The van der Waals surface area contributed by atoms with Gasteiger partial charge in [0.2, 0.25) is 23.1 Å². The van der Waals surface area contributed by atoms with Gasteiger partial charge in [-0.3, -0.25) is 0 Å². The highest BCUT2D eigenvalue weighted by Gasteiger charge is 2.20. The summed E-state index contributed by atoms with van der Waals surface area (Å²) in [7, 11) is 0. The maximum absolute atomic E-state index is 13.9. The molecule has 0 fully saturated rings. The van der Waals surface area contributed by atoms with E-state index in [1.54, 1.807) is 0 Å². The molecule has 0 radical (unpaired) electrons. The fraction of sp³-hybridized carbons (Fsp3) is 0.0526. The average molecular weight is 384 g/mol. The van der Waals surface area contributed by atoms with E-state index in [0.29, 0.717) is 18.2 Å². The van der Waals surface area contributed by atoms with Gasteiger partial charge in [0.05, 0.1) is 0 Å². The van der Waals surface area contributed by atoms with E-state index in [2.05, 4.69) is 0 Å². The molecule has 8 heteroatoms. The Morgan fingerprint density at radius 2 is 1.04 bits per heavy atom. The lowest BCUT2D eigenvalue weighted by Crippen LogP contribution is -1.99. The van der Waals surface area contributed by atoms with E-state index in [1.807, 2.05) is 0 Å². The number of hydrogen-bond donors (Lipinski definition) is 0. The van der Waals surface area contributed by atoms with Crippen molar-refractivity contribution < 1.29 is 35.8 Å². The Bertz CT molecular complexity index is 976. The molecule has 0 heterocycles. The zero-order valence-corrected chi connectivity index (χ0v) is 13.6. The van der Waals surface area contributed by atoms with Crippen molar-refractivity contribution in [1.82, 2.24) is 0 Å². The van der Waals surface area contributed by atoms with Gasteiger partial charge in [0.15, 0.2) is 23.3 Å². The molecule has 0 aliphatic rings. The molecule has 3 aromatic rings. The van der Waals surface area contributed by atoms with Crippen molar-refractivity contribution in [2.75, 3.05) is 0 Å². The highest BCUT2D eigenvalue weighted by molar-refractivity contribution is 5.40. The summed E-state index contributed by atoms with van der Waals surface area (Å²) in [5.41, 5.74) is -0.152. The summed E-state index contributed by atoms with van der Waals surface area (Å²) in [4.78, 5) is 0. The lowest BCUT2D eigenvalue weighted by molar-refractivity contribution is 0.379. The summed E-state index contributed by atoms with van der Waals surface area (Å²) in [6, 6.07) is 6.67. The van der Waals surface area contributed by atoms with Crippen molar-refractivity contribution in [3.63, 3.8) is 0 Å². The molecule has 0 aliphatic heterocycles. The van der Waals surface area contributed by atoms with Crippen molar-refractivity contribution >= 4 is 0 Å². The Kier molecular flexibility index (Phi) is 4.98. The Morgan fingerprint density at radius 3 is 1.63 bits per heavy atom. The van der Waals surface area contributed by atoms with Crippen LogP contribution < -0.4 is 9.47 Å². The standard InChI is InChI=1S/C19H10F6O2/c1-9-8-14(22)17(25)19(15(9)23)27-11-4-2-10(3-5-11)26-18-13(21)7-6-12(20)16(18)24/h2-8H,1H3. The van der Waals surface area contributed by atoms with Crippen LogP contribution in [0, 0.1) is 41.8 Å². The molecule has 27 heavy (non-hydrogen) atoms. The first-order chi connectivity index (χ1) is 12.8. The minimum Gasteiger partial charge on any atom is -0.451 e. The van der Waals surface area contributed by atoms with Crippen molar-refractivity contribution in [1.29, 1.82) is 0 Å². The molecular formula is C19H10F6O2. The molecule has 3 rings (SSSR count). The van der Waals surface area contributed by atoms with E-state index >= 15 is 0 Å². The molecule has 140 valence electrons. The van der Waals surface area contributed by atoms with Crippen molar-refractivity contribution in [2.45, 2.75) is 6.92 Å². The van der Waals surface area contributed by atoms with Gasteiger partial charge in [0.25, 0.3) is 0 Å².